The molecule has 1 aromatic heterocycles. The van der Waals surface area contributed by atoms with Crippen molar-refractivity contribution in [1.82, 2.24) is 4.41 Å². The molecule has 1 amide bonds. The van der Waals surface area contributed by atoms with Crippen molar-refractivity contribution in [2.75, 3.05) is 5.32 Å². The van der Waals surface area contributed by atoms with Crippen LogP contribution in [0.2, 0.25) is 0 Å². The predicted octanol–water partition coefficient (Wildman–Crippen LogP) is 4.09. The number of rotatable bonds is 5. The fourth-order valence-corrected chi connectivity index (χ4v) is 4.79. The molecular weight excluding hydrogens is 402 g/mol. The molecule has 1 N–H and O–H groups in total. The molecule has 0 bridgehead atoms. The van der Waals surface area contributed by atoms with E-state index in [0.717, 1.165) is 15.5 Å². The van der Waals surface area contributed by atoms with Gasteiger partial charge in [0.15, 0.2) is 0 Å². The molecule has 1 aliphatic heterocycles. The lowest BCUT2D eigenvalue weighted by atomic mass is 10.0. The van der Waals surface area contributed by atoms with E-state index in [1.165, 1.54) is 13.2 Å². The van der Waals surface area contributed by atoms with Gasteiger partial charge in [0.2, 0.25) is 5.91 Å². The van der Waals surface area contributed by atoms with Crippen molar-refractivity contribution in [2.24, 2.45) is 5.10 Å². The van der Waals surface area contributed by atoms with Crippen LogP contribution in [-0.4, -0.2) is 24.5 Å². The quantitative estimate of drug-likeness (QED) is 0.669. The maximum absolute atomic E-state index is 13.4. The van der Waals surface area contributed by atoms with E-state index in [9.17, 15) is 13.2 Å². The lowest BCUT2D eigenvalue weighted by Crippen LogP contribution is -2.27. The molecule has 0 spiro atoms. The number of hydrazone groups is 1. The molecule has 30 heavy (non-hydrogen) atoms. The van der Waals surface area contributed by atoms with E-state index in [0.29, 0.717) is 23.6 Å². The van der Waals surface area contributed by atoms with Crippen molar-refractivity contribution in [3.05, 3.63) is 83.8 Å². The number of furan rings is 1. The third-order valence-electron chi connectivity index (χ3n) is 4.86. The Bertz CT molecular complexity index is 1180. The van der Waals surface area contributed by atoms with Crippen molar-refractivity contribution in [3.63, 3.8) is 0 Å². The largest absolute Gasteiger partial charge is 0.463 e. The molecule has 1 atom stereocenters. The fourth-order valence-electron chi connectivity index (χ4n) is 3.36. The summed E-state index contributed by atoms with van der Waals surface area (Å²) < 4.78 is 33.4. The summed E-state index contributed by atoms with van der Waals surface area (Å²) in [4.78, 5) is 11.4. The van der Waals surface area contributed by atoms with Gasteiger partial charge in [0.1, 0.15) is 11.5 Å². The van der Waals surface area contributed by atoms with Gasteiger partial charge < -0.3 is 9.73 Å². The molecule has 8 heteroatoms. The van der Waals surface area contributed by atoms with Crippen LogP contribution in [0.1, 0.15) is 36.3 Å². The first-order valence-electron chi connectivity index (χ1n) is 9.44. The van der Waals surface area contributed by atoms with Crippen molar-refractivity contribution in [1.29, 1.82) is 0 Å². The second-order valence-corrected chi connectivity index (χ2v) is 8.93. The van der Waals surface area contributed by atoms with E-state index in [4.69, 9.17) is 4.42 Å². The molecule has 154 valence electrons. The highest BCUT2D eigenvalue weighted by Crippen LogP contribution is 2.37. The van der Waals surface area contributed by atoms with Crippen LogP contribution < -0.4 is 5.32 Å². The Morgan fingerprint density at radius 2 is 1.80 bits per heavy atom. The normalized spacial score (nSPS) is 16.4. The van der Waals surface area contributed by atoms with Crippen LogP contribution in [0, 0.1) is 6.92 Å². The number of carbonyl (C=O) groups is 1. The summed E-state index contributed by atoms with van der Waals surface area (Å²) in [6.07, 6.45) is 1.91. The lowest BCUT2D eigenvalue weighted by molar-refractivity contribution is -0.114. The molecule has 0 radical (unpaired) electrons. The zero-order valence-electron chi connectivity index (χ0n) is 16.6. The first kappa shape index (κ1) is 19.9. The van der Waals surface area contributed by atoms with Crippen LogP contribution in [0.15, 0.2) is 81.3 Å². The fraction of sp³-hybridized carbons (Fsp3) is 0.182. The summed E-state index contributed by atoms with van der Waals surface area (Å²) >= 11 is 0. The van der Waals surface area contributed by atoms with Crippen molar-refractivity contribution in [2.45, 2.75) is 31.2 Å². The molecule has 0 fully saturated rings. The minimum atomic E-state index is -3.87. The second-order valence-electron chi connectivity index (χ2n) is 7.14. The Labute approximate surface area is 175 Å². The summed E-state index contributed by atoms with van der Waals surface area (Å²) in [6, 6.07) is 16.8. The minimum absolute atomic E-state index is 0.171. The number of benzene rings is 2. The lowest BCUT2D eigenvalue weighted by Gasteiger charge is -2.23. The number of amides is 1. The standard InChI is InChI=1S/C22H21N3O4S/c1-15-5-11-19(12-6-15)30(27,28)25-21(14-20(24-25)22-4-3-13-29-22)17-7-9-18(10-8-17)23-16(2)26/h3-13,21H,14H2,1-2H3,(H,23,26)/t21-/m1/s1. The third-order valence-corrected chi connectivity index (χ3v) is 6.56. The maximum Gasteiger partial charge on any atom is 0.279 e. The van der Waals surface area contributed by atoms with Crippen LogP contribution in [0.25, 0.3) is 0 Å². The maximum atomic E-state index is 13.4. The summed E-state index contributed by atoms with van der Waals surface area (Å²) in [7, 11) is -3.87. The van der Waals surface area contributed by atoms with Gasteiger partial charge >= 0.3 is 0 Å². The van der Waals surface area contributed by atoms with Gasteiger partial charge in [0.05, 0.1) is 17.2 Å². The van der Waals surface area contributed by atoms with Gasteiger partial charge in [-0.25, -0.2) is 0 Å². The molecule has 0 saturated heterocycles. The van der Waals surface area contributed by atoms with Crippen LogP contribution in [0.4, 0.5) is 5.69 Å². The van der Waals surface area contributed by atoms with Gasteiger partial charge in [-0.2, -0.15) is 17.9 Å². The molecule has 0 aliphatic carbocycles. The zero-order valence-corrected chi connectivity index (χ0v) is 17.4. The molecule has 2 heterocycles. The van der Waals surface area contributed by atoms with Crippen molar-refractivity contribution < 1.29 is 17.6 Å². The van der Waals surface area contributed by atoms with Crippen molar-refractivity contribution in [3.8, 4) is 0 Å². The number of nitrogens with one attached hydrogen (secondary N) is 1. The monoisotopic (exact) mass is 423 g/mol. The van der Waals surface area contributed by atoms with Gasteiger partial charge in [-0.15, -0.1) is 0 Å². The van der Waals surface area contributed by atoms with Gasteiger partial charge in [-0.3, -0.25) is 4.79 Å². The highest BCUT2D eigenvalue weighted by atomic mass is 32.2. The first-order valence-corrected chi connectivity index (χ1v) is 10.9. The second kappa shape index (κ2) is 7.79. The zero-order chi connectivity index (χ0) is 21.3. The average molecular weight is 423 g/mol. The highest BCUT2D eigenvalue weighted by Gasteiger charge is 2.38. The summed E-state index contributed by atoms with van der Waals surface area (Å²) in [6.45, 7) is 3.34. The molecular formula is C22H21N3O4S. The average Bonchev–Trinajstić information content (AvgIpc) is 3.39. The number of aryl methyl sites for hydroxylation is 1. The minimum Gasteiger partial charge on any atom is -0.463 e. The van der Waals surface area contributed by atoms with E-state index < -0.39 is 16.1 Å². The van der Waals surface area contributed by atoms with Crippen LogP contribution >= 0.6 is 0 Å². The van der Waals surface area contributed by atoms with Gasteiger partial charge in [-0.05, 0) is 48.9 Å². The molecule has 3 aromatic rings. The number of nitrogens with zero attached hydrogens (tertiary/aromatic N) is 2. The SMILES string of the molecule is CC(=O)Nc1ccc([C@H]2CC(c3ccco3)=NN2S(=O)(=O)c2ccc(C)cc2)cc1. The Morgan fingerprint density at radius 1 is 1.10 bits per heavy atom. The molecule has 0 unspecified atom stereocenters. The Balaban J connectivity index is 1.73. The molecule has 7 nitrogen and oxygen atoms in total. The predicted molar refractivity (Wildman–Crippen MR) is 114 cm³/mol. The van der Waals surface area contributed by atoms with E-state index in [1.807, 2.05) is 6.92 Å². The topological polar surface area (TPSA) is 92.0 Å². The molecule has 2 aromatic carbocycles. The molecule has 0 saturated carbocycles. The number of anilines is 1. The Morgan fingerprint density at radius 3 is 2.40 bits per heavy atom. The van der Waals surface area contributed by atoms with E-state index in [2.05, 4.69) is 10.4 Å². The Kier molecular flexibility index (Phi) is 5.17. The number of hydrogen-bond donors (Lipinski definition) is 1. The summed E-state index contributed by atoms with van der Waals surface area (Å²) in [5, 5.41) is 7.14. The van der Waals surface area contributed by atoms with Crippen LogP contribution in [0.5, 0.6) is 0 Å². The van der Waals surface area contributed by atoms with E-state index in [1.54, 1.807) is 60.7 Å². The smallest absolute Gasteiger partial charge is 0.279 e. The van der Waals surface area contributed by atoms with Crippen molar-refractivity contribution >= 4 is 27.3 Å². The number of carbonyl (C=O) groups excluding carboxylic acids is 1. The number of hydrogen-bond acceptors (Lipinski definition) is 5. The van der Waals surface area contributed by atoms with E-state index in [-0.39, 0.29) is 10.8 Å². The first-order chi connectivity index (χ1) is 14.3. The number of sulfonamides is 1. The van der Waals surface area contributed by atoms with Gasteiger partial charge in [-0.1, -0.05) is 29.8 Å². The Hall–Kier alpha value is -3.39. The van der Waals surface area contributed by atoms with Crippen LogP contribution in [0.3, 0.4) is 0 Å². The summed E-state index contributed by atoms with van der Waals surface area (Å²) in [5.74, 6) is 0.368. The molecule has 4 rings (SSSR count). The van der Waals surface area contributed by atoms with Gasteiger partial charge in [0, 0.05) is 19.0 Å². The van der Waals surface area contributed by atoms with Gasteiger partial charge in [0.25, 0.3) is 10.0 Å². The summed E-state index contributed by atoms with van der Waals surface area (Å²) in [5.41, 5.74) is 2.95. The third kappa shape index (κ3) is 3.86. The molecule has 1 aliphatic rings. The highest BCUT2D eigenvalue weighted by molar-refractivity contribution is 7.89. The van der Waals surface area contributed by atoms with E-state index >= 15 is 0 Å². The van der Waals surface area contributed by atoms with Crippen LogP contribution in [-0.2, 0) is 14.8 Å².